The maximum absolute atomic E-state index is 11.1. The fourth-order valence-corrected chi connectivity index (χ4v) is 3.61. The summed E-state index contributed by atoms with van der Waals surface area (Å²) in [5.41, 5.74) is 1.48. The number of carbonyl (C=O) groups excluding carboxylic acids is 1. The van der Waals surface area contributed by atoms with E-state index >= 15 is 0 Å². The van der Waals surface area contributed by atoms with Gasteiger partial charge < -0.3 is 10.6 Å². The SMILES string of the molecule is CC(=O)N[C@H]1CC[C@H](CN[C@@H]2C[C@H]2c2ccccc2)CC1. The van der Waals surface area contributed by atoms with Crippen molar-refractivity contribution in [1.82, 2.24) is 10.6 Å². The van der Waals surface area contributed by atoms with E-state index in [1.807, 2.05) is 0 Å². The van der Waals surface area contributed by atoms with Crippen molar-refractivity contribution in [1.29, 1.82) is 0 Å². The Labute approximate surface area is 127 Å². The van der Waals surface area contributed by atoms with Crippen molar-refractivity contribution in [3.8, 4) is 0 Å². The monoisotopic (exact) mass is 286 g/mol. The van der Waals surface area contributed by atoms with E-state index in [0.717, 1.165) is 31.2 Å². The predicted molar refractivity (Wildman–Crippen MR) is 85.2 cm³/mol. The summed E-state index contributed by atoms with van der Waals surface area (Å²) in [7, 11) is 0. The highest BCUT2D eigenvalue weighted by molar-refractivity contribution is 5.73. The summed E-state index contributed by atoms with van der Waals surface area (Å²) in [6.45, 7) is 2.76. The van der Waals surface area contributed by atoms with E-state index in [4.69, 9.17) is 0 Å². The molecule has 0 bridgehead atoms. The van der Waals surface area contributed by atoms with Crippen LogP contribution in [0.15, 0.2) is 30.3 Å². The molecular formula is C18H26N2O. The molecule has 3 nitrogen and oxygen atoms in total. The molecule has 2 saturated carbocycles. The van der Waals surface area contributed by atoms with E-state index in [-0.39, 0.29) is 5.91 Å². The molecule has 0 heterocycles. The molecule has 0 unspecified atom stereocenters. The highest BCUT2D eigenvalue weighted by atomic mass is 16.1. The normalized spacial score (nSPS) is 31.7. The summed E-state index contributed by atoms with van der Waals surface area (Å²) in [5.74, 6) is 1.62. The minimum Gasteiger partial charge on any atom is -0.354 e. The van der Waals surface area contributed by atoms with Crippen molar-refractivity contribution in [2.45, 2.75) is 57.0 Å². The third kappa shape index (κ3) is 4.07. The van der Waals surface area contributed by atoms with Crippen molar-refractivity contribution in [2.24, 2.45) is 5.92 Å². The Morgan fingerprint density at radius 2 is 1.86 bits per heavy atom. The van der Waals surface area contributed by atoms with Crippen molar-refractivity contribution >= 4 is 5.91 Å². The van der Waals surface area contributed by atoms with Crippen molar-refractivity contribution in [3.63, 3.8) is 0 Å². The van der Waals surface area contributed by atoms with E-state index < -0.39 is 0 Å². The van der Waals surface area contributed by atoms with Gasteiger partial charge in [0.1, 0.15) is 0 Å². The van der Waals surface area contributed by atoms with Gasteiger partial charge in [0.05, 0.1) is 0 Å². The van der Waals surface area contributed by atoms with Crippen LogP contribution in [0.1, 0.15) is 50.5 Å². The largest absolute Gasteiger partial charge is 0.354 e. The Kier molecular flexibility index (Phi) is 4.59. The van der Waals surface area contributed by atoms with E-state index in [0.29, 0.717) is 12.1 Å². The van der Waals surface area contributed by atoms with Gasteiger partial charge in [-0.1, -0.05) is 30.3 Å². The molecule has 2 aliphatic carbocycles. The minimum atomic E-state index is 0.111. The minimum absolute atomic E-state index is 0.111. The lowest BCUT2D eigenvalue weighted by atomic mass is 9.86. The van der Waals surface area contributed by atoms with Gasteiger partial charge in [0.2, 0.25) is 5.91 Å². The Morgan fingerprint density at radius 1 is 1.14 bits per heavy atom. The predicted octanol–water partition coefficient (Wildman–Crippen LogP) is 2.83. The lowest BCUT2D eigenvalue weighted by Gasteiger charge is -2.29. The maximum atomic E-state index is 11.1. The van der Waals surface area contributed by atoms with Gasteiger partial charge in [0, 0.05) is 24.9 Å². The van der Waals surface area contributed by atoms with Crippen LogP contribution in [0.3, 0.4) is 0 Å². The summed E-state index contributed by atoms with van der Waals surface area (Å²) in [6, 6.07) is 11.9. The number of hydrogen-bond acceptors (Lipinski definition) is 2. The number of hydrogen-bond donors (Lipinski definition) is 2. The van der Waals surface area contributed by atoms with Crippen LogP contribution in [-0.4, -0.2) is 24.5 Å². The maximum Gasteiger partial charge on any atom is 0.217 e. The number of nitrogens with one attached hydrogen (secondary N) is 2. The molecule has 1 aromatic rings. The van der Waals surface area contributed by atoms with E-state index in [1.165, 1.54) is 24.8 Å². The molecule has 1 amide bonds. The number of carbonyl (C=O) groups is 1. The molecule has 2 aliphatic rings. The van der Waals surface area contributed by atoms with Gasteiger partial charge in [-0.2, -0.15) is 0 Å². The zero-order valence-corrected chi connectivity index (χ0v) is 12.8. The molecular weight excluding hydrogens is 260 g/mol. The van der Waals surface area contributed by atoms with Gasteiger partial charge in [-0.15, -0.1) is 0 Å². The van der Waals surface area contributed by atoms with Crippen LogP contribution in [0.25, 0.3) is 0 Å². The molecule has 21 heavy (non-hydrogen) atoms. The number of amides is 1. The zero-order valence-electron chi connectivity index (χ0n) is 12.8. The average Bonchev–Trinajstić information content (AvgIpc) is 3.27. The topological polar surface area (TPSA) is 41.1 Å². The summed E-state index contributed by atoms with van der Waals surface area (Å²) >= 11 is 0. The molecule has 2 fully saturated rings. The summed E-state index contributed by atoms with van der Waals surface area (Å²) in [4.78, 5) is 11.1. The van der Waals surface area contributed by atoms with Crippen LogP contribution in [0.2, 0.25) is 0 Å². The van der Waals surface area contributed by atoms with Crippen LogP contribution in [0.5, 0.6) is 0 Å². The highest BCUT2D eigenvalue weighted by Gasteiger charge is 2.38. The standard InChI is InChI=1S/C18H26N2O/c1-13(21)20-16-9-7-14(8-10-16)12-19-18-11-17(18)15-5-3-2-4-6-15/h2-6,14,16-19H,7-12H2,1H3,(H,20,21)/t14-,16-,17-,18+/m0/s1. The zero-order chi connectivity index (χ0) is 14.7. The summed E-state index contributed by atoms with van der Waals surface area (Å²) < 4.78 is 0. The van der Waals surface area contributed by atoms with E-state index in [9.17, 15) is 4.79 Å². The Morgan fingerprint density at radius 3 is 2.52 bits per heavy atom. The molecule has 2 N–H and O–H groups in total. The van der Waals surface area contributed by atoms with Crippen LogP contribution < -0.4 is 10.6 Å². The van der Waals surface area contributed by atoms with Crippen LogP contribution in [0, 0.1) is 5.92 Å². The molecule has 0 radical (unpaired) electrons. The highest BCUT2D eigenvalue weighted by Crippen LogP contribution is 2.40. The van der Waals surface area contributed by atoms with Gasteiger partial charge in [0.15, 0.2) is 0 Å². The van der Waals surface area contributed by atoms with Gasteiger partial charge in [-0.3, -0.25) is 4.79 Å². The number of rotatable bonds is 5. The van der Waals surface area contributed by atoms with Crippen molar-refractivity contribution < 1.29 is 4.79 Å². The van der Waals surface area contributed by atoms with Crippen LogP contribution >= 0.6 is 0 Å². The third-order valence-corrected chi connectivity index (χ3v) is 4.94. The van der Waals surface area contributed by atoms with E-state index in [1.54, 1.807) is 6.92 Å². The van der Waals surface area contributed by atoms with Crippen molar-refractivity contribution in [2.75, 3.05) is 6.54 Å². The Bertz CT molecular complexity index is 465. The molecule has 0 aliphatic heterocycles. The molecule has 0 saturated heterocycles. The second kappa shape index (κ2) is 6.61. The molecule has 3 heteroatoms. The lowest BCUT2D eigenvalue weighted by molar-refractivity contribution is -0.119. The first kappa shape index (κ1) is 14.6. The van der Waals surface area contributed by atoms with Gasteiger partial charge in [-0.05, 0) is 50.1 Å². The van der Waals surface area contributed by atoms with Gasteiger partial charge in [-0.25, -0.2) is 0 Å². The Balaban J connectivity index is 1.35. The fraction of sp³-hybridized carbons (Fsp3) is 0.611. The van der Waals surface area contributed by atoms with E-state index in [2.05, 4.69) is 41.0 Å². The molecule has 114 valence electrons. The molecule has 0 spiro atoms. The Hall–Kier alpha value is -1.35. The summed E-state index contributed by atoms with van der Waals surface area (Å²) in [6.07, 6.45) is 6.03. The second-order valence-electron chi connectivity index (χ2n) is 6.69. The summed E-state index contributed by atoms with van der Waals surface area (Å²) in [5, 5.41) is 6.79. The first-order chi connectivity index (χ1) is 10.2. The molecule has 3 rings (SSSR count). The smallest absolute Gasteiger partial charge is 0.217 e. The quantitative estimate of drug-likeness (QED) is 0.874. The van der Waals surface area contributed by atoms with Crippen LogP contribution in [-0.2, 0) is 4.79 Å². The van der Waals surface area contributed by atoms with Gasteiger partial charge >= 0.3 is 0 Å². The first-order valence-electron chi connectivity index (χ1n) is 8.28. The third-order valence-electron chi connectivity index (χ3n) is 4.94. The van der Waals surface area contributed by atoms with Gasteiger partial charge in [0.25, 0.3) is 0 Å². The fourth-order valence-electron chi connectivity index (χ4n) is 3.61. The lowest BCUT2D eigenvalue weighted by Crippen LogP contribution is -2.38. The molecule has 2 atom stereocenters. The molecule has 1 aromatic carbocycles. The number of benzene rings is 1. The second-order valence-corrected chi connectivity index (χ2v) is 6.69. The molecule has 0 aromatic heterocycles. The van der Waals surface area contributed by atoms with Crippen molar-refractivity contribution in [3.05, 3.63) is 35.9 Å². The first-order valence-corrected chi connectivity index (χ1v) is 8.28. The average molecular weight is 286 g/mol. The van der Waals surface area contributed by atoms with Crippen LogP contribution in [0.4, 0.5) is 0 Å².